The van der Waals surface area contributed by atoms with E-state index in [0.29, 0.717) is 27.3 Å². The van der Waals surface area contributed by atoms with Gasteiger partial charge in [-0.25, -0.2) is 8.42 Å². The Balaban J connectivity index is 1.76. The van der Waals surface area contributed by atoms with Crippen molar-refractivity contribution < 1.29 is 13.2 Å². The number of sulfone groups is 1. The van der Waals surface area contributed by atoms with Crippen LogP contribution in [0.4, 0.5) is 0 Å². The predicted octanol–water partition coefficient (Wildman–Crippen LogP) is 2.16. The van der Waals surface area contributed by atoms with Crippen LogP contribution in [0.1, 0.15) is 13.3 Å². The molecule has 0 unspecified atom stereocenters. The third kappa shape index (κ3) is 3.89. The average molecular weight is 423 g/mol. The van der Waals surface area contributed by atoms with Crippen molar-refractivity contribution in [2.24, 2.45) is 0 Å². The van der Waals surface area contributed by atoms with Crippen LogP contribution in [0.3, 0.4) is 0 Å². The first-order chi connectivity index (χ1) is 11.7. The molecule has 0 N–H and O–H groups in total. The Labute approximate surface area is 159 Å². The van der Waals surface area contributed by atoms with E-state index in [1.54, 1.807) is 30.6 Å². The first-order valence-corrected chi connectivity index (χ1v) is 11.0. The quantitative estimate of drug-likeness (QED) is 0.701. The Morgan fingerprint density at radius 3 is 2.80 bits per heavy atom. The van der Waals surface area contributed by atoms with E-state index in [-0.39, 0.29) is 23.5 Å². The van der Waals surface area contributed by atoms with E-state index < -0.39 is 15.1 Å². The Morgan fingerprint density at radius 2 is 2.16 bits per heavy atom. The molecule has 1 saturated heterocycles. The molecule has 0 saturated carbocycles. The Kier molecular flexibility index (Phi) is 5.21. The lowest BCUT2D eigenvalue weighted by atomic mass is 10.2. The minimum atomic E-state index is -3.04. The number of amides is 1. The molecule has 0 spiro atoms. The molecule has 2 aromatic rings. The SMILES string of the molecule is C[C@H](Sc1nnc2c(Cl)cc(Cl)cn12)C(=O)N(C)[C@@H]1CCS(=O)(=O)C1. The molecule has 3 heterocycles. The summed E-state index contributed by atoms with van der Waals surface area (Å²) in [6, 6.07) is 1.30. The van der Waals surface area contributed by atoms with Gasteiger partial charge in [-0.1, -0.05) is 35.0 Å². The topological polar surface area (TPSA) is 84.6 Å². The maximum Gasteiger partial charge on any atom is 0.235 e. The highest BCUT2D eigenvalue weighted by Crippen LogP contribution is 2.28. The molecule has 1 aliphatic heterocycles. The molecule has 7 nitrogen and oxygen atoms in total. The normalized spacial score (nSPS) is 20.7. The molecule has 0 radical (unpaired) electrons. The minimum absolute atomic E-state index is 0.0195. The van der Waals surface area contributed by atoms with Crippen molar-refractivity contribution in [3.63, 3.8) is 0 Å². The van der Waals surface area contributed by atoms with Gasteiger partial charge in [-0.15, -0.1) is 10.2 Å². The van der Waals surface area contributed by atoms with Crippen LogP contribution in [0.2, 0.25) is 10.0 Å². The second kappa shape index (κ2) is 6.94. The first-order valence-electron chi connectivity index (χ1n) is 7.51. The summed E-state index contributed by atoms with van der Waals surface area (Å²) >= 11 is 13.3. The van der Waals surface area contributed by atoms with Crippen LogP contribution < -0.4 is 0 Å². The lowest BCUT2D eigenvalue weighted by molar-refractivity contribution is -0.130. The average Bonchev–Trinajstić information content (AvgIpc) is 3.09. The lowest BCUT2D eigenvalue weighted by Crippen LogP contribution is -2.41. The van der Waals surface area contributed by atoms with Gasteiger partial charge in [0, 0.05) is 19.3 Å². The van der Waals surface area contributed by atoms with Crippen LogP contribution >= 0.6 is 35.0 Å². The van der Waals surface area contributed by atoms with E-state index in [4.69, 9.17) is 23.2 Å². The zero-order valence-electron chi connectivity index (χ0n) is 13.5. The van der Waals surface area contributed by atoms with E-state index in [1.165, 1.54) is 16.7 Å². The number of aromatic nitrogens is 3. The highest BCUT2D eigenvalue weighted by Gasteiger charge is 2.34. The van der Waals surface area contributed by atoms with Gasteiger partial charge in [0.25, 0.3) is 0 Å². The summed E-state index contributed by atoms with van der Waals surface area (Å²) < 4.78 is 24.9. The lowest BCUT2D eigenvalue weighted by Gasteiger charge is -2.26. The monoisotopic (exact) mass is 422 g/mol. The van der Waals surface area contributed by atoms with Crippen molar-refractivity contribution in [3.05, 3.63) is 22.3 Å². The fourth-order valence-corrected chi connectivity index (χ4v) is 5.95. The molecule has 1 amide bonds. The Morgan fingerprint density at radius 1 is 1.44 bits per heavy atom. The number of rotatable bonds is 4. The molecule has 2 atom stereocenters. The maximum absolute atomic E-state index is 12.6. The fraction of sp³-hybridized carbons (Fsp3) is 0.500. The molecule has 1 aliphatic rings. The number of nitrogens with zero attached hydrogens (tertiary/aromatic N) is 4. The Hall–Kier alpha value is -1.03. The molecule has 25 heavy (non-hydrogen) atoms. The number of carbonyl (C=O) groups excluding carboxylic acids is 1. The highest BCUT2D eigenvalue weighted by molar-refractivity contribution is 8.00. The van der Waals surface area contributed by atoms with Gasteiger partial charge in [-0.2, -0.15) is 0 Å². The molecule has 0 aliphatic carbocycles. The summed E-state index contributed by atoms with van der Waals surface area (Å²) in [5.74, 6) is -0.00843. The van der Waals surface area contributed by atoms with E-state index in [0.717, 1.165) is 0 Å². The van der Waals surface area contributed by atoms with Crippen LogP contribution in [0.25, 0.3) is 5.65 Å². The van der Waals surface area contributed by atoms with Crippen molar-refractivity contribution in [2.45, 2.75) is 29.8 Å². The van der Waals surface area contributed by atoms with Gasteiger partial charge in [-0.3, -0.25) is 9.20 Å². The maximum atomic E-state index is 12.6. The van der Waals surface area contributed by atoms with Gasteiger partial charge >= 0.3 is 0 Å². The fourth-order valence-electron chi connectivity index (χ4n) is 2.74. The number of thioether (sulfide) groups is 1. The minimum Gasteiger partial charge on any atom is -0.341 e. The number of hydrogen-bond donors (Lipinski definition) is 0. The van der Waals surface area contributed by atoms with E-state index >= 15 is 0 Å². The standard InChI is InChI=1S/C14H16Cl2N4O3S2/c1-8(13(21)19(2)10-3-4-25(22,23)7-10)24-14-18-17-12-11(16)5-9(15)6-20(12)14/h5-6,8,10H,3-4,7H2,1-2H3/t8-,10+/m0/s1. The van der Waals surface area contributed by atoms with Crippen molar-refractivity contribution in [2.75, 3.05) is 18.6 Å². The number of pyridine rings is 1. The summed E-state index contributed by atoms with van der Waals surface area (Å²) in [5.41, 5.74) is 0.462. The number of carbonyl (C=O) groups is 1. The van der Waals surface area contributed by atoms with Gasteiger partial charge in [-0.05, 0) is 19.4 Å². The molecule has 11 heteroatoms. The van der Waals surface area contributed by atoms with Crippen LogP contribution in [-0.2, 0) is 14.6 Å². The van der Waals surface area contributed by atoms with Crippen molar-refractivity contribution in [1.29, 1.82) is 0 Å². The number of hydrogen-bond acceptors (Lipinski definition) is 6. The number of fused-ring (bicyclic) bond motifs is 1. The molecular formula is C14H16Cl2N4O3S2. The Bertz CT molecular complexity index is 932. The highest BCUT2D eigenvalue weighted by atomic mass is 35.5. The van der Waals surface area contributed by atoms with Crippen LogP contribution in [0.5, 0.6) is 0 Å². The largest absolute Gasteiger partial charge is 0.341 e. The third-order valence-corrected chi connectivity index (χ3v) is 7.41. The van der Waals surface area contributed by atoms with E-state index in [2.05, 4.69) is 10.2 Å². The van der Waals surface area contributed by atoms with Gasteiger partial charge in [0.2, 0.25) is 5.91 Å². The van der Waals surface area contributed by atoms with Crippen LogP contribution in [-0.4, -0.2) is 63.7 Å². The van der Waals surface area contributed by atoms with Gasteiger partial charge in [0.1, 0.15) is 0 Å². The zero-order valence-corrected chi connectivity index (χ0v) is 16.7. The van der Waals surface area contributed by atoms with E-state index in [9.17, 15) is 13.2 Å². The molecule has 136 valence electrons. The zero-order chi connectivity index (χ0) is 18.4. The predicted molar refractivity (Wildman–Crippen MR) is 98.2 cm³/mol. The first kappa shape index (κ1) is 18.8. The van der Waals surface area contributed by atoms with Crippen LogP contribution in [0, 0.1) is 0 Å². The second-order valence-electron chi connectivity index (χ2n) is 5.95. The molecule has 3 rings (SSSR count). The summed E-state index contributed by atoms with van der Waals surface area (Å²) in [6.07, 6.45) is 2.11. The molecular weight excluding hydrogens is 407 g/mol. The smallest absolute Gasteiger partial charge is 0.235 e. The molecule has 0 bridgehead atoms. The van der Waals surface area contributed by atoms with E-state index in [1.807, 2.05) is 0 Å². The number of halogens is 2. The summed E-state index contributed by atoms with van der Waals surface area (Å²) in [4.78, 5) is 14.2. The van der Waals surface area contributed by atoms with Crippen molar-refractivity contribution >= 4 is 56.4 Å². The third-order valence-electron chi connectivity index (χ3n) is 4.13. The van der Waals surface area contributed by atoms with Gasteiger partial charge in [0.15, 0.2) is 20.6 Å². The summed E-state index contributed by atoms with van der Waals surface area (Å²) in [7, 11) is -1.41. The molecule has 2 aromatic heterocycles. The molecule has 1 fully saturated rings. The summed E-state index contributed by atoms with van der Waals surface area (Å²) in [6.45, 7) is 1.75. The van der Waals surface area contributed by atoms with Gasteiger partial charge in [0.05, 0.1) is 26.8 Å². The summed E-state index contributed by atoms with van der Waals surface area (Å²) in [5, 5.41) is 8.92. The second-order valence-corrected chi connectivity index (χ2v) is 10.3. The van der Waals surface area contributed by atoms with Crippen LogP contribution in [0.15, 0.2) is 17.4 Å². The van der Waals surface area contributed by atoms with Crippen molar-refractivity contribution in [3.8, 4) is 0 Å². The van der Waals surface area contributed by atoms with Gasteiger partial charge < -0.3 is 4.90 Å². The van der Waals surface area contributed by atoms with Crippen molar-refractivity contribution in [1.82, 2.24) is 19.5 Å². The molecule has 0 aromatic carbocycles.